The number of aliphatic hydroxyl groups is 1. The number of methoxy groups -OCH3 is 1. The Bertz CT molecular complexity index is 717. The van der Waals surface area contributed by atoms with Crippen LogP contribution in [0.5, 0.6) is 11.5 Å². The molecule has 1 aliphatic heterocycles. The highest BCUT2D eigenvalue weighted by molar-refractivity contribution is 5.89. The first-order chi connectivity index (χ1) is 11.6. The molecule has 6 heteroatoms. The van der Waals surface area contributed by atoms with Crippen molar-refractivity contribution in [1.29, 1.82) is 0 Å². The van der Waals surface area contributed by atoms with E-state index in [1.54, 1.807) is 31.4 Å². The van der Waals surface area contributed by atoms with E-state index in [2.05, 4.69) is 10.6 Å². The number of carbonyl (C=O) groups excluding carboxylic acids is 1. The van der Waals surface area contributed by atoms with Crippen molar-refractivity contribution < 1.29 is 19.4 Å². The predicted octanol–water partition coefficient (Wildman–Crippen LogP) is 2.49. The van der Waals surface area contributed by atoms with Gasteiger partial charge in [0.2, 0.25) is 0 Å². The lowest BCUT2D eigenvalue weighted by Gasteiger charge is -2.34. The van der Waals surface area contributed by atoms with Crippen molar-refractivity contribution in [3.8, 4) is 11.5 Å². The fraction of sp³-hybridized carbons (Fsp3) is 0.278. The molecule has 6 nitrogen and oxygen atoms in total. The van der Waals surface area contributed by atoms with E-state index in [1.165, 1.54) is 0 Å². The second kappa shape index (κ2) is 6.80. The summed E-state index contributed by atoms with van der Waals surface area (Å²) in [4.78, 5) is 12.1. The van der Waals surface area contributed by atoms with Gasteiger partial charge in [0.15, 0.2) is 0 Å². The Hall–Kier alpha value is -2.73. The maximum Gasteiger partial charge on any atom is 0.319 e. The lowest BCUT2D eigenvalue weighted by atomic mass is 9.88. The van der Waals surface area contributed by atoms with Gasteiger partial charge in [0, 0.05) is 17.7 Å². The molecule has 0 aromatic heterocycles. The molecule has 2 aromatic carbocycles. The number of amides is 2. The van der Waals surface area contributed by atoms with Crippen molar-refractivity contribution >= 4 is 11.7 Å². The number of hydrogen-bond donors (Lipinski definition) is 3. The van der Waals surface area contributed by atoms with Crippen LogP contribution in [0.3, 0.4) is 0 Å². The Balaban J connectivity index is 1.61. The summed E-state index contributed by atoms with van der Waals surface area (Å²) in [6, 6.07) is 14.0. The summed E-state index contributed by atoms with van der Waals surface area (Å²) in [6.07, 6.45) is 0.423. The van der Waals surface area contributed by atoms with Gasteiger partial charge < -0.3 is 25.2 Å². The Morgan fingerprint density at radius 3 is 2.75 bits per heavy atom. The fourth-order valence-electron chi connectivity index (χ4n) is 2.70. The van der Waals surface area contributed by atoms with Crippen LogP contribution in [0.2, 0.25) is 0 Å². The van der Waals surface area contributed by atoms with Gasteiger partial charge >= 0.3 is 6.03 Å². The molecule has 1 unspecified atom stereocenters. The van der Waals surface area contributed by atoms with Crippen molar-refractivity contribution in [1.82, 2.24) is 5.32 Å². The Morgan fingerprint density at radius 2 is 2.00 bits per heavy atom. The largest absolute Gasteiger partial charge is 0.497 e. The molecule has 1 heterocycles. The average Bonchev–Trinajstić information content (AvgIpc) is 2.61. The standard InChI is InChI=1S/C18H20N2O4/c1-23-14-8-6-13(7-9-14)20-17(21)19-12-18(22)10-11-24-16-5-3-2-4-15(16)18/h2-9,22H,10-12H2,1H3,(H2,19,20,21). The number of benzene rings is 2. The second-order valence-corrected chi connectivity index (χ2v) is 5.66. The first kappa shape index (κ1) is 16.1. The van der Waals surface area contributed by atoms with Crippen LogP contribution in [-0.4, -0.2) is 31.4 Å². The highest BCUT2D eigenvalue weighted by Gasteiger charge is 2.35. The first-order valence-corrected chi connectivity index (χ1v) is 7.74. The van der Waals surface area contributed by atoms with E-state index in [9.17, 15) is 9.90 Å². The third-order valence-electron chi connectivity index (χ3n) is 4.05. The average molecular weight is 328 g/mol. The number of nitrogens with one attached hydrogen (secondary N) is 2. The minimum Gasteiger partial charge on any atom is -0.497 e. The molecule has 1 aliphatic rings. The van der Waals surface area contributed by atoms with E-state index < -0.39 is 5.60 Å². The van der Waals surface area contributed by atoms with Crippen LogP contribution in [0.1, 0.15) is 12.0 Å². The topological polar surface area (TPSA) is 79.8 Å². The van der Waals surface area contributed by atoms with Gasteiger partial charge in [0.1, 0.15) is 17.1 Å². The minimum absolute atomic E-state index is 0.107. The zero-order chi connectivity index (χ0) is 17.0. The molecule has 2 aromatic rings. The quantitative estimate of drug-likeness (QED) is 0.805. The molecule has 0 aliphatic carbocycles. The van der Waals surface area contributed by atoms with E-state index >= 15 is 0 Å². The van der Waals surface area contributed by atoms with E-state index in [4.69, 9.17) is 9.47 Å². The van der Waals surface area contributed by atoms with E-state index in [1.807, 2.05) is 24.3 Å². The molecule has 0 saturated heterocycles. The molecule has 24 heavy (non-hydrogen) atoms. The van der Waals surface area contributed by atoms with E-state index in [0.717, 1.165) is 0 Å². The normalized spacial score (nSPS) is 18.9. The second-order valence-electron chi connectivity index (χ2n) is 5.66. The van der Waals surface area contributed by atoms with Gasteiger partial charge in [-0.25, -0.2) is 4.79 Å². The lowest BCUT2D eigenvalue weighted by Crippen LogP contribution is -2.45. The number of para-hydroxylation sites is 1. The number of rotatable bonds is 4. The van der Waals surface area contributed by atoms with Crippen LogP contribution in [0.25, 0.3) is 0 Å². The van der Waals surface area contributed by atoms with Crippen molar-refractivity contribution in [2.45, 2.75) is 12.0 Å². The zero-order valence-corrected chi connectivity index (χ0v) is 13.4. The van der Waals surface area contributed by atoms with Crippen LogP contribution in [-0.2, 0) is 5.60 Å². The predicted molar refractivity (Wildman–Crippen MR) is 90.5 cm³/mol. The fourth-order valence-corrected chi connectivity index (χ4v) is 2.70. The number of hydrogen-bond acceptors (Lipinski definition) is 4. The number of anilines is 1. The van der Waals surface area contributed by atoms with Gasteiger partial charge in [-0.2, -0.15) is 0 Å². The maximum absolute atomic E-state index is 12.1. The summed E-state index contributed by atoms with van der Waals surface area (Å²) < 4.78 is 10.6. The smallest absolute Gasteiger partial charge is 0.319 e. The van der Waals surface area contributed by atoms with Crippen LogP contribution in [0.4, 0.5) is 10.5 Å². The molecular weight excluding hydrogens is 308 g/mol. The zero-order valence-electron chi connectivity index (χ0n) is 13.4. The van der Waals surface area contributed by atoms with E-state index in [0.29, 0.717) is 35.8 Å². The minimum atomic E-state index is -1.13. The molecule has 0 spiro atoms. The molecule has 0 fully saturated rings. The van der Waals surface area contributed by atoms with Gasteiger partial charge in [0.25, 0.3) is 0 Å². The SMILES string of the molecule is COc1ccc(NC(=O)NCC2(O)CCOc3ccccc32)cc1. The summed E-state index contributed by atoms with van der Waals surface area (Å²) >= 11 is 0. The monoisotopic (exact) mass is 328 g/mol. The maximum atomic E-state index is 12.1. The van der Waals surface area contributed by atoms with E-state index in [-0.39, 0.29) is 12.6 Å². The molecule has 1 atom stereocenters. The molecule has 126 valence electrons. The lowest BCUT2D eigenvalue weighted by molar-refractivity contribution is 0.000398. The Morgan fingerprint density at radius 1 is 1.25 bits per heavy atom. The third-order valence-corrected chi connectivity index (χ3v) is 4.05. The third kappa shape index (κ3) is 3.44. The van der Waals surface area contributed by atoms with Crippen LogP contribution in [0, 0.1) is 0 Å². The Kier molecular flexibility index (Phi) is 4.57. The van der Waals surface area contributed by atoms with Crippen molar-refractivity contribution in [3.05, 3.63) is 54.1 Å². The van der Waals surface area contributed by atoms with Gasteiger partial charge in [-0.1, -0.05) is 18.2 Å². The molecule has 3 rings (SSSR count). The molecule has 0 bridgehead atoms. The molecule has 3 N–H and O–H groups in total. The number of urea groups is 1. The summed E-state index contributed by atoms with van der Waals surface area (Å²) in [5, 5.41) is 16.3. The number of ether oxygens (including phenoxy) is 2. The summed E-state index contributed by atoms with van der Waals surface area (Å²) in [6.45, 7) is 0.519. The van der Waals surface area contributed by atoms with Gasteiger partial charge in [-0.3, -0.25) is 0 Å². The van der Waals surface area contributed by atoms with Crippen LogP contribution >= 0.6 is 0 Å². The molecule has 0 radical (unpaired) electrons. The Labute approximate surface area is 140 Å². The van der Waals surface area contributed by atoms with Crippen molar-refractivity contribution in [2.24, 2.45) is 0 Å². The summed E-state index contributed by atoms with van der Waals surface area (Å²) in [5.74, 6) is 1.37. The number of carbonyl (C=O) groups is 1. The van der Waals surface area contributed by atoms with Crippen molar-refractivity contribution in [2.75, 3.05) is 25.6 Å². The van der Waals surface area contributed by atoms with Gasteiger partial charge in [-0.05, 0) is 30.3 Å². The van der Waals surface area contributed by atoms with Gasteiger partial charge in [-0.15, -0.1) is 0 Å². The molecular formula is C18H20N2O4. The molecule has 0 saturated carbocycles. The summed E-state index contributed by atoms with van der Waals surface area (Å²) in [5.41, 5.74) is 0.209. The van der Waals surface area contributed by atoms with Crippen LogP contribution < -0.4 is 20.1 Å². The summed E-state index contributed by atoms with van der Waals surface area (Å²) in [7, 11) is 1.58. The van der Waals surface area contributed by atoms with Crippen molar-refractivity contribution in [3.63, 3.8) is 0 Å². The first-order valence-electron chi connectivity index (χ1n) is 7.74. The van der Waals surface area contributed by atoms with Crippen LogP contribution in [0.15, 0.2) is 48.5 Å². The van der Waals surface area contributed by atoms with Gasteiger partial charge in [0.05, 0.1) is 20.3 Å². The highest BCUT2D eigenvalue weighted by Crippen LogP contribution is 2.36. The number of fused-ring (bicyclic) bond motifs is 1. The molecule has 2 amide bonds. The highest BCUT2D eigenvalue weighted by atomic mass is 16.5.